The lowest BCUT2D eigenvalue weighted by Gasteiger charge is -2.26. The fourth-order valence-electron chi connectivity index (χ4n) is 3.08. The van der Waals surface area contributed by atoms with E-state index in [4.69, 9.17) is 0 Å². The van der Waals surface area contributed by atoms with Crippen LogP contribution < -0.4 is 0 Å². The Balaban J connectivity index is 1.60. The third-order valence-electron chi connectivity index (χ3n) is 4.85. The summed E-state index contributed by atoms with van der Waals surface area (Å²) in [5, 5.41) is 10.4. The minimum Gasteiger partial charge on any atom is -0.388 e. The normalized spacial score (nSPS) is 16.5. The molecule has 1 N–H and O–H groups in total. The maximum absolute atomic E-state index is 10.4. The van der Waals surface area contributed by atoms with E-state index < -0.39 is 0 Å². The molecule has 21 heavy (non-hydrogen) atoms. The van der Waals surface area contributed by atoms with Crippen LogP contribution in [0.1, 0.15) is 60.0 Å². The van der Waals surface area contributed by atoms with Gasteiger partial charge in [-0.3, -0.25) is 0 Å². The number of hydrogen-bond donors (Lipinski definition) is 1. The van der Waals surface area contributed by atoms with Crippen LogP contribution in [-0.2, 0) is 6.42 Å². The number of aryl methyl sites for hydroxylation is 2. The molecule has 1 saturated carbocycles. The average molecular weight is 280 g/mol. The third-order valence-corrected chi connectivity index (χ3v) is 4.85. The summed E-state index contributed by atoms with van der Waals surface area (Å²) in [5.41, 5.74) is 5.13. The lowest BCUT2D eigenvalue weighted by Crippen LogP contribution is -2.09. The van der Waals surface area contributed by atoms with Crippen LogP contribution in [0.5, 0.6) is 0 Å². The second-order valence-electron chi connectivity index (χ2n) is 6.28. The summed E-state index contributed by atoms with van der Waals surface area (Å²) in [6.07, 6.45) is 5.38. The SMILES string of the molecule is Cc1ccccc1CCC(O)c1ccc(C2CCC2)cc1. The second kappa shape index (κ2) is 6.44. The van der Waals surface area contributed by atoms with Gasteiger partial charge in [0.05, 0.1) is 6.10 Å². The van der Waals surface area contributed by atoms with E-state index in [-0.39, 0.29) is 6.10 Å². The van der Waals surface area contributed by atoms with Crippen molar-refractivity contribution >= 4 is 0 Å². The van der Waals surface area contributed by atoms with E-state index in [0.717, 1.165) is 24.3 Å². The topological polar surface area (TPSA) is 20.2 Å². The molecule has 2 aromatic carbocycles. The molecule has 0 spiro atoms. The Hall–Kier alpha value is -1.60. The molecule has 1 nitrogen and oxygen atoms in total. The highest BCUT2D eigenvalue weighted by Crippen LogP contribution is 2.36. The molecule has 0 bridgehead atoms. The molecule has 0 amide bonds. The Labute approximate surface area is 127 Å². The first-order valence-corrected chi connectivity index (χ1v) is 8.06. The molecule has 0 saturated heterocycles. The van der Waals surface area contributed by atoms with E-state index >= 15 is 0 Å². The fraction of sp³-hybridized carbons (Fsp3) is 0.400. The Morgan fingerprint density at radius 3 is 2.38 bits per heavy atom. The van der Waals surface area contributed by atoms with Crippen molar-refractivity contribution in [1.29, 1.82) is 0 Å². The summed E-state index contributed by atoms with van der Waals surface area (Å²) in [4.78, 5) is 0. The first-order chi connectivity index (χ1) is 10.2. The Bertz CT molecular complexity index is 581. The predicted octanol–water partition coefficient (Wildman–Crippen LogP) is 4.93. The molecule has 0 aliphatic heterocycles. The summed E-state index contributed by atoms with van der Waals surface area (Å²) in [5.74, 6) is 0.767. The molecular weight excluding hydrogens is 256 g/mol. The number of benzene rings is 2. The lowest BCUT2D eigenvalue weighted by atomic mass is 9.80. The van der Waals surface area contributed by atoms with Gasteiger partial charge in [0.1, 0.15) is 0 Å². The van der Waals surface area contributed by atoms with E-state index in [1.165, 1.54) is 36.0 Å². The highest BCUT2D eigenvalue weighted by molar-refractivity contribution is 5.29. The van der Waals surface area contributed by atoms with Crippen molar-refractivity contribution in [3.8, 4) is 0 Å². The van der Waals surface area contributed by atoms with E-state index in [2.05, 4.69) is 55.5 Å². The smallest absolute Gasteiger partial charge is 0.0793 e. The van der Waals surface area contributed by atoms with Gasteiger partial charge in [-0.1, -0.05) is 55.0 Å². The molecule has 0 heterocycles. The molecule has 1 aliphatic carbocycles. The third kappa shape index (κ3) is 3.36. The van der Waals surface area contributed by atoms with Crippen molar-refractivity contribution in [3.05, 3.63) is 70.8 Å². The Morgan fingerprint density at radius 2 is 1.76 bits per heavy atom. The van der Waals surface area contributed by atoms with Gasteiger partial charge in [0.25, 0.3) is 0 Å². The highest BCUT2D eigenvalue weighted by Gasteiger charge is 2.19. The summed E-state index contributed by atoms with van der Waals surface area (Å²) in [7, 11) is 0. The molecule has 2 aromatic rings. The van der Waals surface area contributed by atoms with E-state index in [9.17, 15) is 5.11 Å². The van der Waals surface area contributed by atoms with Crippen LogP contribution in [0.25, 0.3) is 0 Å². The number of hydrogen-bond acceptors (Lipinski definition) is 1. The number of rotatable bonds is 5. The van der Waals surface area contributed by atoms with Gasteiger partial charge in [0.15, 0.2) is 0 Å². The Morgan fingerprint density at radius 1 is 1.05 bits per heavy atom. The molecule has 0 aromatic heterocycles. The first-order valence-electron chi connectivity index (χ1n) is 8.06. The van der Waals surface area contributed by atoms with E-state index in [0.29, 0.717) is 0 Å². The van der Waals surface area contributed by atoms with Gasteiger partial charge in [0.2, 0.25) is 0 Å². The van der Waals surface area contributed by atoms with Crippen LogP contribution in [-0.4, -0.2) is 5.11 Å². The van der Waals surface area contributed by atoms with Crippen LogP contribution in [0.4, 0.5) is 0 Å². The standard InChI is InChI=1S/C20H24O/c1-15-5-2-3-6-16(15)13-14-20(21)19-11-9-18(10-12-19)17-7-4-8-17/h2-3,5-6,9-12,17,20-21H,4,7-8,13-14H2,1H3. The van der Waals surface area contributed by atoms with Crippen LogP contribution in [0, 0.1) is 6.92 Å². The second-order valence-corrected chi connectivity index (χ2v) is 6.28. The summed E-state index contributed by atoms with van der Waals surface area (Å²) >= 11 is 0. The lowest BCUT2D eigenvalue weighted by molar-refractivity contribution is 0.167. The molecule has 0 radical (unpaired) electrons. The minimum atomic E-state index is -0.361. The van der Waals surface area contributed by atoms with Gasteiger partial charge in [-0.25, -0.2) is 0 Å². The first kappa shape index (κ1) is 14.3. The van der Waals surface area contributed by atoms with Crippen molar-refractivity contribution in [2.75, 3.05) is 0 Å². The van der Waals surface area contributed by atoms with E-state index in [1.54, 1.807) is 0 Å². The van der Waals surface area contributed by atoms with Crippen molar-refractivity contribution in [1.82, 2.24) is 0 Å². The van der Waals surface area contributed by atoms with Gasteiger partial charge in [0, 0.05) is 0 Å². The van der Waals surface area contributed by atoms with Gasteiger partial charge in [-0.15, -0.1) is 0 Å². The van der Waals surface area contributed by atoms with Gasteiger partial charge >= 0.3 is 0 Å². The predicted molar refractivity (Wildman–Crippen MR) is 87.5 cm³/mol. The fourth-order valence-corrected chi connectivity index (χ4v) is 3.08. The van der Waals surface area contributed by atoms with Crippen LogP contribution in [0.2, 0.25) is 0 Å². The van der Waals surface area contributed by atoms with E-state index in [1.807, 2.05) is 0 Å². The maximum atomic E-state index is 10.4. The van der Waals surface area contributed by atoms with Gasteiger partial charge in [-0.05, 0) is 60.8 Å². The van der Waals surface area contributed by atoms with Crippen molar-refractivity contribution < 1.29 is 5.11 Å². The van der Waals surface area contributed by atoms with Crippen LogP contribution in [0.15, 0.2) is 48.5 Å². The quantitative estimate of drug-likeness (QED) is 0.823. The summed E-state index contributed by atoms with van der Waals surface area (Å²) in [6, 6.07) is 17.0. The zero-order chi connectivity index (χ0) is 14.7. The molecule has 1 atom stereocenters. The average Bonchev–Trinajstić information content (AvgIpc) is 2.45. The molecule has 1 unspecified atom stereocenters. The Kier molecular flexibility index (Phi) is 4.40. The maximum Gasteiger partial charge on any atom is 0.0793 e. The number of aliphatic hydroxyl groups excluding tert-OH is 1. The summed E-state index contributed by atoms with van der Waals surface area (Å²) in [6.45, 7) is 2.13. The van der Waals surface area contributed by atoms with Crippen molar-refractivity contribution in [2.24, 2.45) is 0 Å². The zero-order valence-corrected chi connectivity index (χ0v) is 12.8. The van der Waals surface area contributed by atoms with Crippen LogP contribution >= 0.6 is 0 Å². The molecule has 1 heteroatoms. The van der Waals surface area contributed by atoms with Crippen molar-refractivity contribution in [3.63, 3.8) is 0 Å². The molecular formula is C20H24O. The largest absolute Gasteiger partial charge is 0.388 e. The molecule has 3 rings (SSSR count). The zero-order valence-electron chi connectivity index (χ0n) is 12.8. The monoisotopic (exact) mass is 280 g/mol. The molecule has 1 fully saturated rings. The van der Waals surface area contributed by atoms with Crippen LogP contribution in [0.3, 0.4) is 0 Å². The molecule has 110 valence electrons. The minimum absolute atomic E-state index is 0.361. The van der Waals surface area contributed by atoms with Gasteiger partial charge in [-0.2, -0.15) is 0 Å². The van der Waals surface area contributed by atoms with Crippen molar-refractivity contribution in [2.45, 2.75) is 51.0 Å². The summed E-state index contributed by atoms with van der Waals surface area (Å²) < 4.78 is 0. The van der Waals surface area contributed by atoms with Gasteiger partial charge < -0.3 is 5.11 Å². The number of aliphatic hydroxyl groups is 1. The molecule has 1 aliphatic rings. The highest BCUT2D eigenvalue weighted by atomic mass is 16.3.